The number of alkyl halides is 3. The predicted octanol–water partition coefficient (Wildman–Crippen LogP) is 0.783. The maximum atomic E-state index is 11.9. The molecular formula is C8H10F3NO3. The molecule has 1 amide bonds. The first-order valence-electron chi connectivity index (χ1n) is 3.78. The summed E-state index contributed by atoms with van der Waals surface area (Å²) in [5.74, 6) is -3.26. The molecule has 0 unspecified atom stereocenters. The minimum atomic E-state index is -5.06. The van der Waals surface area contributed by atoms with Gasteiger partial charge in [0.1, 0.15) is 0 Å². The SMILES string of the molecule is C=C[C@](C)(NC(=O)C(F)(F)F)C(=O)OC. The van der Waals surface area contributed by atoms with Crippen molar-refractivity contribution in [1.82, 2.24) is 5.32 Å². The van der Waals surface area contributed by atoms with E-state index in [1.807, 2.05) is 0 Å². The molecular weight excluding hydrogens is 215 g/mol. The number of methoxy groups -OCH3 is 1. The third-order valence-electron chi connectivity index (χ3n) is 1.65. The van der Waals surface area contributed by atoms with E-state index in [0.29, 0.717) is 0 Å². The fourth-order valence-electron chi connectivity index (χ4n) is 0.704. The fourth-order valence-corrected chi connectivity index (χ4v) is 0.704. The molecule has 0 radical (unpaired) electrons. The highest BCUT2D eigenvalue weighted by molar-refractivity contribution is 5.91. The quantitative estimate of drug-likeness (QED) is 0.570. The van der Waals surface area contributed by atoms with Crippen LogP contribution in [-0.2, 0) is 14.3 Å². The summed E-state index contributed by atoms with van der Waals surface area (Å²) in [4.78, 5) is 21.6. The monoisotopic (exact) mass is 225 g/mol. The molecule has 1 N–H and O–H groups in total. The van der Waals surface area contributed by atoms with Crippen molar-refractivity contribution in [3.63, 3.8) is 0 Å². The van der Waals surface area contributed by atoms with E-state index in [1.54, 1.807) is 0 Å². The van der Waals surface area contributed by atoms with Crippen molar-refractivity contribution in [2.45, 2.75) is 18.6 Å². The highest BCUT2D eigenvalue weighted by atomic mass is 19.4. The van der Waals surface area contributed by atoms with Gasteiger partial charge in [0, 0.05) is 0 Å². The molecule has 0 bridgehead atoms. The van der Waals surface area contributed by atoms with E-state index >= 15 is 0 Å². The van der Waals surface area contributed by atoms with Gasteiger partial charge < -0.3 is 10.1 Å². The van der Waals surface area contributed by atoms with Gasteiger partial charge in [-0.1, -0.05) is 6.08 Å². The van der Waals surface area contributed by atoms with Gasteiger partial charge in [-0.2, -0.15) is 13.2 Å². The topological polar surface area (TPSA) is 55.4 Å². The molecule has 0 aliphatic rings. The number of hydrogen-bond donors (Lipinski definition) is 1. The number of hydrogen-bond acceptors (Lipinski definition) is 3. The van der Waals surface area contributed by atoms with Crippen LogP contribution in [0.4, 0.5) is 13.2 Å². The van der Waals surface area contributed by atoms with Crippen LogP contribution in [0.2, 0.25) is 0 Å². The Morgan fingerprint density at radius 3 is 2.13 bits per heavy atom. The zero-order chi connectivity index (χ0) is 12.3. The molecule has 0 fully saturated rings. The Morgan fingerprint density at radius 2 is 1.87 bits per heavy atom. The Labute approximate surface area is 84.1 Å². The molecule has 86 valence electrons. The van der Waals surface area contributed by atoms with E-state index in [1.165, 1.54) is 5.32 Å². The number of carbonyl (C=O) groups excluding carboxylic acids is 2. The number of carbonyl (C=O) groups is 2. The zero-order valence-corrected chi connectivity index (χ0v) is 8.14. The van der Waals surface area contributed by atoms with Crippen molar-refractivity contribution in [1.29, 1.82) is 0 Å². The number of rotatable bonds is 3. The van der Waals surface area contributed by atoms with Crippen molar-refractivity contribution >= 4 is 11.9 Å². The van der Waals surface area contributed by atoms with Crippen molar-refractivity contribution in [2.24, 2.45) is 0 Å². The van der Waals surface area contributed by atoms with Crippen LogP contribution in [-0.4, -0.2) is 30.7 Å². The first kappa shape index (κ1) is 13.5. The maximum absolute atomic E-state index is 11.9. The third kappa shape index (κ3) is 3.26. The van der Waals surface area contributed by atoms with E-state index in [4.69, 9.17) is 0 Å². The summed E-state index contributed by atoms with van der Waals surface area (Å²) in [7, 11) is 0.990. The molecule has 0 aromatic heterocycles. The normalized spacial score (nSPS) is 15.0. The fraction of sp³-hybridized carbons (Fsp3) is 0.500. The van der Waals surface area contributed by atoms with E-state index in [-0.39, 0.29) is 0 Å². The van der Waals surface area contributed by atoms with E-state index in [0.717, 1.165) is 20.1 Å². The van der Waals surface area contributed by atoms with Crippen LogP contribution in [0.15, 0.2) is 12.7 Å². The lowest BCUT2D eigenvalue weighted by atomic mass is 10.0. The van der Waals surface area contributed by atoms with Crippen LogP contribution < -0.4 is 5.32 Å². The van der Waals surface area contributed by atoms with Crippen molar-refractivity contribution < 1.29 is 27.5 Å². The summed E-state index contributed by atoms with van der Waals surface area (Å²) in [6.07, 6.45) is -4.19. The Kier molecular flexibility index (Phi) is 3.89. The van der Waals surface area contributed by atoms with E-state index < -0.39 is 23.6 Å². The predicted molar refractivity (Wildman–Crippen MR) is 44.8 cm³/mol. The van der Waals surface area contributed by atoms with Crippen LogP contribution in [0.5, 0.6) is 0 Å². The second kappa shape index (κ2) is 4.33. The molecule has 4 nitrogen and oxygen atoms in total. The first-order chi connectivity index (χ1) is 6.67. The van der Waals surface area contributed by atoms with Crippen LogP contribution in [0.3, 0.4) is 0 Å². The minimum absolute atomic E-state index is 0.864. The highest BCUT2D eigenvalue weighted by Gasteiger charge is 2.44. The third-order valence-corrected chi connectivity index (χ3v) is 1.65. The Morgan fingerprint density at radius 1 is 1.40 bits per heavy atom. The molecule has 0 heterocycles. The zero-order valence-electron chi connectivity index (χ0n) is 8.14. The maximum Gasteiger partial charge on any atom is 0.471 e. The number of halogens is 3. The summed E-state index contributed by atoms with van der Waals surface area (Å²) in [6, 6.07) is 0. The summed E-state index contributed by atoms with van der Waals surface area (Å²) in [5, 5.41) is 1.48. The molecule has 0 aliphatic carbocycles. The average Bonchev–Trinajstić information content (AvgIpc) is 2.14. The first-order valence-corrected chi connectivity index (χ1v) is 3.78. The number of esters is 1. The standard InChI is InChI=1S/C8H10F3NO3/c1-4-7(2,6(14)15-3)12-5(13)8(9,10)11/h4H,1H2,2-3H3,(H,12,13)/t7-/m0/s1. The molecule has 0 aromatic carbocycles. The van der Waals surface area contributed by atoms with Gasteiger partial charge in [-0.3, -0.25) is 4.79 Å². The van der Waals surface area contributed by atoms with Gasteiger partial charge >= 0.3 is 18.1 Å². The lowest BCUT2D eigenvalue weighted by Crippen LogP contribution is -2.54. The molecule has 0 spiro atoms. The molecule has 0 saturated heterocycles. The Balaban J connectivity index is 4.81. The van der Waals surface area contributed by atoms with E-state index in [2.05, 4.69) is 11.3 Å². The molecule has 0 rings (SSSR count). The molecule has 1 atom stereocenters. The summed E-state index contributed by atoms with van der Waals surface area (Å²) < 4.78 is 39.9. The van der Waals surface area contributed by atoms with Gasteiger partial charge in [-0.25, -0.2) is 4.79 Å². The number of amides is 1. The largest absolute Gasteiger partial charge is 0.471 e. The van der Waals surface area contributed by atoms with Crippen molar-refractivity contribution in [3.8, 4) is 0 Å². The molecule has 7 heteroatoms. The Bertz CT molecular complexity index is 287. The van der Waals surface area contributed by atoms with Crippen LogP contribution >= 0.6 is 0 Å². The van der Waals surface area contributed by atoms with Gasteiger partial charge in [-0.05, 0) is 6.92 Å². The summed E-state index contributed by atoms with van der Waals surface area (Å²) >= 11 is 0. The number of nitrogens with one attached hydrogen (secondary N) is 1. The lowest BCUT2D eigenvalue weighted by molar-refractivity contribution is -0.176. The highest BCUT2D eigenvalue weighted by Crippen LogP contribution is 2.17. The molecule has 0 saturated carbocycles. The van der Waals surface area contributed by atoms with Crippen LogP contribution in [0.25, 0.3) is 0 Å². The van der Waals surface area contributed by atoms with Crippen LogP contribution in [0, 0.1) is 0 Å². The second-order valence-corrected chi connectivity index (χ2v) is 2.85. The van der Waals surface area contributed by atoms with Gasteiger partial charge in [0.2, 0.25) is 0 Å². The second-order valence-electron chi connectivity index (χ2n) is 2.85. The van der Waals surface area contributed by atoms with Gasteiger partial charge in [-0.15, -0.1) is 6.58 Å². The lowest BCUT2D eigenvalue weighted by Gasteiger charge is -2.24. The number of ether oxygens (including phenoxy) is 1. The van der Waals surface area contributed by atoms with Crippen molar-refractivity contribution in [2.75, 3.05) is 7.11 Å². The summed E-state index contributed by atoms with van der Waals surface area (Å²) in [6.45, 7) is 4.21. The Hall–Kier alpha value is -1.53. The average molecular weight is 225 g/mol. The van der Waals surface area contributed by atoms with Crippen molar-refractivity contribution in [3.05, 3.63) is 12.7 Å². The molecule has 15 heavy (non-hydrogen) atoms. The van der Waals surface area contributed by atoms with Gasteiger partial charge in [0.05, 0.1) is 7.11 Å². The van der Waals surface area contributed by atoms with Crippen LogP contribution in [0.1, 0.15) is 6.92 Å². The minimum Gasteiger partial charge on any atom is -0.467 e. The molecule has 0 aliphatic heterocycles. The summed E-state index contributed by atoms with van der Waals surface area (Å²) in [5.41, 5.74) is -1.89. The van der Waals surface area contributed by atoms with E-state index in [9.17, 15) is 22.8 Å². The van der Waals surface area contributed by atoms with Gasteiger partial charge in [0.15, 0.2) is 5.54 Å². The molecule has 0 aromatic rings. The smallest absolute Gasteiger partial charge is 0.467 e. The van der Waals surface area contributed by atoms with Gasteiger partial charge in [0.25, 0.3) is 0 Å².